The van der Waals surface area contributed by atoms with Gasteiger partial charge >= 0.3 is 0 Å². The number of nitrogens with one attached hydrogen (secondary N) is 1. The van der Waals surface area contributed by atoms with Gasteiger partial charge in [-0.05, 0) is 24.7 Å². The predicted octanol–water partition coefficient (Wildman–Crippen LogP) is 1.54. The van der Waals surface area contributed by atoms with Crippen molar-refractivity contribution in [3.05, 3.63) is 0 Å². The molecule has 1 aliphatic heterocycles. The Labute approximate surface area is 111 Å². The zero-order valence-electron chi connectivity index (χ0n) is 12.1. The van der Waals surface area contributed by atoms with Crippen LogP contribution in [-0.2, 0) is 9.53 Å². The fraction of sp³-hybridized carbons (Fsp3) is 0.929. The van der Waals surface area contributed by atoms with Crippen molar-refractivity contribution in [2.24, 2.45) is 23.5 Å². The molecule has 0 radical (unpaired) electrons. The van der Waals surface area contributed by atoms with Gasteiger partial charge in [-0.1, -0.05) is 27.7 Å². The Morgan fingerprint density at radius 3 is 2.61 bits per heavy atom. The lowest BCUT2D eigenvalue weighted by molar-refractivity contribution is -0.123. The topological polar surface area (TPSA) is 64.4 Å². The van der Waals surface area contributed by atoms with Gasteiger partial charge in [0.15, 0.2) is 0 Å². The average molecular weight is 256 g/mol. The molecule has 4 heteroatoms. The van der Waals surface area contributed by atoms with Crippen molar-refractivity contribution in [3.63, 3.8) is 0 Å². The molecule has 0 spiro atoms. The van der Waals surface area contributed by atoms with E-state index in [-0.39, 0.29) is 18.1 Å². The summed E-state index contributed by atoms with van der Waals surface area (Å²) in [5.74, 6) is 1.35. The van der Waals surface area contributed by atoms with Crippen LogP contribution in [0.1, 0.15) is 40.5 Å². The summed E-state index contributed by atoms with van der Waals surface area (Å²) in [5.41, 5.74) is 5.85. The van der Waals surface area contributed by atoms with E-state index in [0.29, 0.717) is 24.3 Å². The average Bonchev–Trinajstić information content (AvgIpc) is 2.72. The normalized spacial score (nSPS) is 25.7. The number of amides is 1. The van der Waals surface area contributed by atoms with E-state index in [1.165, 1.54) is 0 Å². The van der Waals surface area contributed by atoms with E-state index in [1.54, 1.807) is 0 Å². The van der Waals surface area contributed by atoms with Crippen molar-refractivity contribution in [1.29, 1.82) is 0 Å². The number of rotatable bonds is 6. The van der Waals surface area contributed by atoms with Gasteiger partial charge in [0.2, 0.25) is 5.91 Å². The Balaban J connectivity index is 2.33. The molecule has 0 bridgehead atoms. The molecular formula is C14H28N2O2. The summed E-state index contributed by atoms with van der Waals surface area (Å²) in [7, 11) is 0. The number of hydrogen-bond acceptors (Lipinski definition) is 3. The maximum absolute atomic E-state index is 11.8. The molecule has 1 rings (SSSR count). The summed E-state index contributed by atoms with van der Waals surface area (Å²) >= 11 is 0. The van der Waals surface area contributed by atoms with Crippen LogP contribution in [0.2, 0.25) is 0 Å². The van der Waals surface area contributed by atoms with E-state index in [4.69, 9.17) is 10.5 Å². The van der Waals surface area contributed by atoms with E-state index >= 15 is 0 Å². The lowest BCUT2D eigenvalue weighted by Crippen LogP contribution is -2.44. The summed E-state index contributed by atoms with van der Waals surface area (Å²) in [6.45, 7) is 9.97. The highest BCUT2D eigenvalue weighted by Gasteiger charge is 2.31. The first kappa shape index (κ1) is 15.4. The van der Waals surface area contributed by atoms with Gasteiger partial charge in [-0.2, -0.15) is 0 Å². The molecule has 2 unspecified atom stereocenters. The van der Waals surface area contributed by atoms with Crippen LogP contribution >= 0.6 is 0 Å². The SMILES string of the molecule is CC(C)C[C@H](N)C(=O)NCC1CCOC1C(C)C. The third kappa shape index (κ3) is 4.58. The molecule has 4 nitrogen and oxygen atoms in total. The second-order valence-electron chi connectivity index (χ2n) is 6.11. The van der Waals surface area contributed by atoms with E-state index in [1.807, 2.05) is 0 Å². The van der Waals surface area contributed by atoms with Crippen LogP contribution in [0.3, 0.4) is 0 Å². The smallest absolute Gasteiger partial charge is 0.236 e. The molecule has 0 aromatic rings. The van der Waals surface area contributed by atoms with Crippen LogP contribution in [0, 0.1) is 17.8 Å². The Kier molecular flexibility index (Phi) is 6.09. The van der Waals surface area contributed by atoms with E-state index in [0.717, 1.165) is 19.4 Å². The molecule has 0 aliphatic carbocycles. The summed E-state index contributed by atoms with van der Waals surface area (Å²) < 4.78 is 5.70. The highest BCUT2D eigenvalue weighted by molar-refractivity contribution is 5.81. The predicted molar refractivity (Wildman–Crippen MR) is 73.1 cm³/mol. The monoisotopic (exact) mass is 256 g/mol. The van der Waals surface area contributed by atoms with Crippen molar-refractivity contribution >= 4 is 5.91 Å². The minimum absolute atomic E-state index is 0.0295. The molecule has 3 N–H and O–H groups in total. The third-order valence-electron chi connectivity index (χ3n) is 3.52. The molecule has 1 aliphatic rings. The van der Waals surface area contributed by atoms with Crippen molar-refractivity contribution in [3.8, 4) is 0 Å². The Morgan fingerprint density at radius 1 is 1.39 bits per heavy atom. The molecule has 1 amide bonds. The zero-order chi connectivity index (χ0) is 13.7. The maximum atomic E-state index is 11.8. The van der Waals surface area contributed by atoms with Gasteiger partial charge in [0.1, 0.15) is 0 Å². The molecule has 18 heavy (non-hydrogen) atoms. The third-order valence-corrected chi connectivity index (χ3v) is 3.52. The Hall–Kier alpha value is -0.610. The van der Waals surface area contributed by atoms with Crippen molar-refractivity contribution in [2.45, 2.75) is 52.7 Å². The highest BCUT2D eigenvalue weighted by atomic mass is 16.5. The molecule has 1 fully saturated rings. The van der Waals surface area contributed by atoms with Gasteiger partial charge in [-0.25, -0.2) is 0 Å². The summed E-state index contributed by atoms with van der Waals surface area (Å²) in [4.78, 5) is 11.8. The van der Waals surface area contributed by atoms with Gasteiger partial charge in [-0.3, -0.25) is 4.79 Å². The maximum Gasteiger partial charge on any atom is 0.236 e. The number of carbonyl (C=O) groups is 1. The highest BCUT2D eigenvalue weighted by Crippen LogP contribution is 2.26. The molecule has 1 heterocycles. The molecule has 106 valence electrons. The Morgan fingerprint density at radius 2 is 2.06 bits per heavy atom. The summed E-state index contributed by atoms with van der Waals surface area (Å²) in [6.07, 6.45) is 2.04. The van der Waals surface area contributed by atoms with Crippen molar-refractivity contribution in [2.75, 3.05) is 13.2 Å². The van der Waals surface area contributed by atoms with Crippen molar-refractivity contribution in [1.82, 2.24) is 5.32 Å². The van der Waals surface area contributed by atoms with Crippen molar-refractivity contribution < 1.29 is 9.53 Å². The van der Waals surface area contributed by atoms with Crippen LogP contribution < -0.4 is 11.1 Å². The first-order chi connectivity index (χ1) is 8.41. The zero-order valence-corrected chi connectivity index (χ0v) is 12.1. The number of hydrogen-bond donors (Lipinski definition) is 2. The lowest BCUT2D eigenvalue weighted by Gasteiger charge is -2.23. The van der Waals surface area contributed by atoms with Crippen LogP contribution in [0.4, 0.5) is 0 Å². The number of nitrogens with two attached hydrogens (primary N) is 1. The molecule has 3 atom stereocenters. The largest absolute Gasteiger partial charge is 0.378 e. The number of ether oxygens (including phenoxy) is 1. The van der Waals surface area contributed by atoms with Gasteiger partial charge in [-0.15, -0.1) is 0 Å². The minimum Gasteiger partial charge on any atom is -0.378 e. The van der Waals surface area contributed by atoms with Gasteiger partial charge in [0, 0.05) is 19.1 Å². The first-order valence-electron chi connectivity index (χ1n) is 7.06. The van der Waals surface area contributed by atoms with Gasteiger partial charge in [0.05, 0.1) is 12.1 Å². The summed E-state index contributed by atoms with van der Waals surface area (Å²) in [6, 6.07) is -0.384. The van der Waals surface area contributed by atoms with Crippen LogP contribution in [0.15, 0.2) is 0 Å². The second kappa shape index (κ2) is 7.10. The molecule has 0 saturated carbocycles. The van der Waals surface area contributed by atoms with Gasteiger partial charge in [0.25, 0.3) is 0 Å². The second-order valence-corrected chi connectivity index (χ2v) is 6.11. The van der Waals surface area contributed by atoms with Crippen LogP contribution in [0.5, 0.6) is 0 Å². The molecular weight excluding hydrogens is 228 g/mol. The van der Waals surface area contributed by atoms with E-state index < -0.39 is 0 Å². The summed E-state index contributed by atoms with van der Waals surface area (Å²) in [5, 5.41) is 2.97. The van der Waals surface area contributed by atoms with Gasteiger partial charge < -0.3 is 15.8 Å². The standard InChI is InChI=1S/C14H28N2O2/c1-9(2)7-12(15)14(17)16-8-11-5-6-18-13(11)10(3)4/h9-13H,5-8,15H2,1-4H3,(H,16,17)/t11?,12-,13?/m0/s1. The quantitative estimate of drug-likeness (QED) is 0.757. The fourth-order valence-corrected chi connectivity index (χ4v) is 2.59. The van der Waals surface area contributed by atoms with E-state index in [2.05, 4.69) is 33.0 Å². The first-order valence-corrected chi connectivity index (χ1v) is 7.06. The Bertz CT molecular complexity index is 267. The van der Waals surface area contributed by atoms with Crippen LogP contribution in [-0.4, -0.2) is 31.2 Å². The van der Waals surface area contributed by atoms with Crippen LogP contribution in [0.25, 0.3) is 0 Å². The fourth-order valence-electron chi connectivity index (χ4n) is 2.59. The minimum atomic E-state index is -0.384. The molecule has 0 aromatic carbocycles. The molecule has 1 saturated heterocycles. The lowest BCUT2D eigenvalue weighted by atomic mass is 9.93. The van der Waals surface area contributed by atoms with E-state index in [9.17, 15) is 4.79 Å². The number of carbonyl (C=O) groups excluding carboxylic acids is 1. The molecule has 0 aromatic heterocycles.